The SMILES string of the molecule is C=CC(Cl)OC(=O)C(=C(C)C)C(Cl)C=C. The Morgan fingerprint density at radius 3 is 2.13 bits per heavy atom. The highest BCUT2D eigenvalue weighted by molar-refractivity contribution is 6.27. The molecular formula is C11H14Cl2O2. The largest absolute Gasteiger partial charge is 0.439 e. The van der Waals surface area contributed by atoms with Gasteiger partial charge < -0.3 is 4.74 Å². The Kier molecular flexibility index (Phi) is 6.37. The lowest BCUT2D eigenvalue weighted by atomic mass is 10.1. The fraction of sp³-hybridized carbons (Fsp3) is 0.364. The van der Waals surface area contributed by atoms with E-state index in [1.54, 1.807) is 13.8 Å². The van der Waals surface area contributed by atoms with Crippen LogP contribution in [0.2, 0.25) is 0 Å². The van der Waals surface area contributed by atoms with Crippen LogP contribution in [0.1, 0.15) is 13.8 Å². The van der Waals surface area contributed by atoms with Crippen molar-refractivity contribution in [3.63, 3.8) is 0 Å². The average Bonchev–Trinajstić information content (AvgIpc) is 2.16. The average molecular weight is 249 g/mol. The molecule has 0 aromatic rings. The van der Waals surface area contributed by atoms with Gasteiger partial charge in [-0.25, -0.2) is 4.79 Å². The summed E-state index contributed by atoms with van der Waals surface area (Å²) >= 11 is 11.5. The molecule has 0 aromatic carbocycles. The van der Waals surface area contributed by atoms with Crippen LogP contribution in [0.25, 0.3) is 0 Å². The molecule has 0 bridgehead atoms. The molecule has 0 saturated heterocycles. The number of carbonyl (C=O) groups excluding carboxylic acids is 1. The first-order chi connectivity index (χ1) is 6.93. The maximum absolute atomic E-state index is 11.6. The topological polar surface area (TPSA) is 26.3 Å². The number of rotatable bonds is 5. The lowest BCUT2D eigenvalue weighted by Crippen LogP contribution is -2.19. The lowest BCUT2D eigenvalue weighted by molar-refractivity contribution is -0.139. The summed E-state index contributed by atoms with van der Waals surface area (Å²) in [6.07, 6.45) is 2.78. The third kappa shape index (κ3) is 4.54. The first kappa shape index (κ1) is 14.3. The van der Waals surface area contributed by atoms with Crippen LogP contribution in [-0.4, -0.2) is 16.9 Å². The molecule has 0 heterocycles. The molecule has 4 heteroatoms. The number of hydrogen-bond donors (Lipinski definition) is 0. The van der Waals surface area contributed by atoms with E-state index in [-0.39, 0.29) is 0 Å². The van der Waals surface area contributed by atoms with Gasteiger partial charge in [-0.3, -0.25) is 0 Å². The quantitative estimate of drug-likeness (QED) is 0.323. The Bertz CT molecular complexity index is 291. The van der Waals surface area contributed by atoms with Crippen LogP contribution in [-0.2, 0) is 9.53 Å². The van der Waals surface area contributed by atoms with E-state index in [0.29, 0.717) is 5.57 Å². The van der Waals surface area contributed by atoms with E-state index in [2.05, 4.69) is 13.2 Å². The second kappa shape index (κ2) is 6.70. The summed E-state index contributed by atoms with van der Waals surface area (Å²) in [5.41, 5.74) is 0.285. The summed E-state index contributed by atoms with van der Waals surface area (Å²) in [6, 6.07) is 0. The summed E-state index contributed by atoms with van der Waals surface area (Å²) in [4.78, 5) is 11.6. The Morgan fingerprint density at radius 1 is 1.27 bits per heavy atom. The van der Waals surface area contributed by atoms with Crippen molar-refractivity contribution in [2.75, 3.05) is 0 Å². The maximum Gasteiger partial charge on any atom is 0.337 e. The van der Waals surface area contributed by atoms with Crippen molar-refractivity contribution in [2.24, 2.45) is 0 Å². The van der Waals surface area contributed by atoms with Crippen LogP contribution < -0.4 is 0 Å². The predicted molar refractivity (Wildman–Crippen MR) is 64.1 cm³/mol. The van der Waals surface area contributed by atoms with Crippen molar-refractivity contribution in [3.8, 4) is 0 Å². The maximum atomic E-state index is 11.6. The molecule has 0 rings (SSSR count). The van der Waals surface area contributed by atoms with E-state index in [1.165, 1.54) is 12.2 Å². The summed E-state index contributed by atoms with van der Waals surface area (Å²) in [7, 11) is 0. The molecule has 0 aromatic heterocycles. The molecule has 0 aliphatic carbocycles. The minimum Gasteiger partial charge on any atom is -0.439 e. The van der Waals surface area contributed by atoms with Gasteiger partial charge in [0.25, 0.3) is 0 Å². The first-order valence-electron chi connectivity index (χ1n) is 4.35. The highest BCUT2D eigenvalue weighted by Gasteiger charge is 2.20. The number of carbonyl (C=O) groups is 1. The lowest BCUT2D eigenvalue weighted by Gasteiger charge is -2.13. The number of ether oxygens (including phenoxy) is 1. The van der Waals surface area contributed by atoms with Gasteiger partial charge in [0.1, 0.15) is 0 Å². The number of alkyl halides is 2. The molecule has 0 fully saturated rings. The van der Waals surface area contributed by atoms with E-state index in [9.17, 15) is 4.79 Å². The van der Waals surface area contributed by atoms with Crippen molar-refractivity contribution in [1.82, 2.24) is 0 Å². The smallest absolute Gasteiger partial charge is 0.337 e. The molecule has 0 aliphatic heterocycles. The van der Waals surface area contributed by atoms with E-state index >= 15 is 0 Å². The van der Waals surface area contributed by atoms with Crippen LogP contribution in [0.15, 0.2) is 36.5 Å². The molecule has 2 atom stereocenters. The third-order valence-electron chi connectivity index (χ3n) is 1.65. The summed E-state index contributed by atoms with van der Waals surface area (Å²) < 4.78 is 4.86. The van der Waals surface area contributed by atoms with Gasteiger partial charge in [0.2, 0.25) is 0 Å². The van der Waals surface area contributed by atoms with E-state index in [0.717, 1.165) is 5.57 Å². The van der Waals surface area contributed by atoms with Crippen LogP contribution in [0.3, 0.4) is 0 Å². The highest BCUT2D eigenvalue weighted by Crippen LogP contribution is 2.18. The Labute approximate surface area is 100 Å². The van der Waals surface area contributed by atoms with Crippen molar-refractivity contribution in [1.29, 1.82) is 0 Å². The molecule has 0 spiro atoms. The number of esters is 1. The third-order valence-corrected chi connectivity index (χ3v) is 2.31. The molecule has 0 amide bonds. The van der Waals surface area contributed by atoms with Crippen molar-refractivity contribution in [2.45, 2.75) is 24.8 Å². The summed E-state index contributed by atoms with van der Waals surface area (Å²) in [5, 5.41) is -0.573. The van der Waals surface area contributed by atoms with Gasteiger partial charge in [-0.15, -0.1) is 18.2 Å². The second-order valence-electron chi connectivity index (χ2n) is 3.04. The fourth-order valence-electron chi connectivity index (χ4n) is 0.924. The molecule has 0 aliphatic rings. The van der Waals surface area contributed by atoms with Gasteiger partial charge in [-0.1, -0.05) is 29.8 Å². The Morgan fingerprint density at radius 2 is 1.80 bits per heavy atom. The molecule has 2 unspecified atom stereocenters. The van der Waals surface area contributed by atoms with Gasteiger partial charge in [0, 0.05) is 0 Å². The van der Waals surface area contributed by atoms with E-state index < -0.39 is 16.9 Å². The summed E-state index contributed by atoms with van der Waals surface area (Å²) in [6.45, 7) is 10.5. The normalized spacial score (nSPS) is 13.6. The molecule has 84 valence electrons. The zero-order valence-corrected chi connectivity index (χ0v) is 10.3. The van der Waals surface area contributed by atoms with Crippen LogP contribution in [0.4, 0.5) is 0 Å². The number of allylic oxidation sites excluding steroid dienone is 2. The highest BCUT2D eigenvalue weighted by atomic mass is 35.5. The van der Waals surface area contributed by atoms with Crippen molar-refractivity contribution >= 4 is 29.2 Å². The van der Waals surface area contributed by atoms with Gasteiger partial charge in [-0.2, -0.15) is 0 Å². The van der Waals surface area contributed by atoms with Gasteiger partial charge in [-0.05, 0) is 19.9 Å². The molecule has 0 N–H and O–H groups in total. The number of halogens is 2. The number of hydrogen-bond acceptors (Lipinski definition) is 2. The molecule has 15 heavy (non-hydrogen) atoms. The van der Waals surface area contributed by atoms with Gasteiger partial charge in [0.15, 0.2) is 5.56 Å². The van der Waals surface area contributed by atoms with E-state index in [1.807, 2.05) is 0 Å². The first-order valence-corrected chi connectivity index (χ1v) is 5.23. The standard InChI is InChI=1S/C11H14Cl2O2/c1-5-8(12)10(7(3)4)11(14)15-9(13)6-2/h5-6,8-9H,1-2H2,3-4H3. The van der Waals surface area contributed by atoms with Crippen molar-refractivity contribution < 1.29 is 9.53 Å². The molecule has 2 nitrogen and oxygen atoms in total. The second-order valence-corrected chi connectivity index (χ2v) is 3.94. The van der Waals surface area contributed by atoms with Crippen LogP contribution >= 0.6 is 23.2 Å². The van der Waals surface area contributed by atoms with Crippen LogP contribution in [0, 0.1) is 0 Å². The van der Waals surface area contributed by atoms with E-state index in [4.69, 9.17) is 27.9 Å². The Hall–Kier alpha value is -0.730. The molecule has 0 saturated carbocycles. The van der Waals surface area contributed by atoms with Crippen LogP contribution in [0.5, 0.6) is 0 Å². The predicted octanol–water partition coefficient (Wildman–Crippen LogP) is 3.41. The van der Waals surface area contributed by atoms with Gasteiger partial charge in [0.05, 0.1) is 11.0 Å². The summed E-state index contributed by atoms with van der Waals surface area (Å²) in [5.74, 6) is -0.546. The Balaban J connectivity index is 4.82. The minimum atomic E-state index is -0.847. The fourth-order valence-corrected chi connectivity index (χ4v) is 1.31. The zero-order chi connectivity index (χ0) is 12.0. The minimum absolute atomic E-state index is 0.360. The molecule has 0 radical (unpaired) electrons. The zero-order valence-electron chi connectivity index (χ0n) is 8.80. The molecular weight excluding hydrogens is 235 g/mol. The monoisotopic (exact) mass is 248 g/mol. The van der Waals surface area contributed by atoms with Gasteiger partial charge >= 0.3 is 5.97 Å². The van der Waals surface area contributed by atoms with Crippen molar-refractivity contribution in [3.05, 3.63) is 36.5 Å².